The summed E-state index contributed by atoms with van der Waals surface area (Å²) in [6.07, 6.45) is -5.96. The average Bonchev–Trinajstić information content (AvgIpc) is 2.37. The first kappa shape index (κ1) is 20.6. The molecule has 0 aliphatic heterocycles. The number of aliphatic hydroxyl groups excluding tert-OH is 2. The molecule has 0 spiro atoms. The Morgan fingerprint density at radius 2 is 1.17 bits per heavy atom. The van der Waals surface area contributed by atoms with Crippen molar-refractivity contribution in [2.45, 2.75) is 44.5 Å². The lowest BCUT2D eigenvalue weighted by atomic mass is 9.96. The van der Waals surface area contributed by atoms with Crippen LogP contribution in [0, 0.1) is 0 Å². The fraction of sp³-hybridized carbons (Fsp3) is 0.583. The number of carbonyl (C=O) groups is 5. The molecule has 23 heavy (non-hydrogen) atoms. The molecule has 4 N–H and O–H groups in total. The number of hydrogen-bond donors (Lipinski definition) is 4. The van der Waals surface area contributed by atoms with Crippen molar-refractivity contribution in [3.05, 3.63) is 0 Å². The zero-order valence-electron chi connectivity index (χ0n) is 12.2. The molecule has 2 atom stereocenters. The van der Waals surface area contributed by atoms with E-state index in [1.807, 2.05) is 0 Å². The molecule has 0 aromatic heterocycles. The van der Waals surface area contributed by atoms with E-state index >= 15 is 0 Å². The maximum atomic E-state index is 11.4. The molecule has 0 rings (SSSR count). The number of rotatable bonds is 7. The highest BCUT2D eigenvalue weighted by molar-refractivity contribution is 5.95. The summed E-state index contributed by atoms with van der Waals surface area (Å²) >= 11 is 0. The molecule has 0 amide bonds. The normalized spacial score (nSPS) is 15.7. The molecular weight excluding hydrogens is 320 g/mol. The number of carbonyl (C=O) groups excluding carboxylic acids is 4. The summed E-state index contributed by atoms with van der Waals surface area (Å²) in [6.45, 7) is 1.97. The van der Waals surface area contributed by atoms with Crippen LogP contribution in [0.2, 0.25) is 0 Å². The molecule has 130 valence electrons. The van der Waals surface area contributed by atoms with Crippen molar-refractivity contribution in [3.8, 4) is 0 Å². The predicted molar refractivity (Wildman–Crippen MR) is 67.4 cm³/mol. The third kappa shape index (κ3) is 6.95. The van der Waals surface area contributed by atoms with E-state index in [2.05, 4.69) is 9.47 Å². The molecule has 0 bridgehead atoms. The molecule has 11 heteroatoms. The standard InChI is InChI=1S/C12H16O11/c1-5(13)9(17)22-7(15)3-12(21,11(19)20)4-8(16)23-10(18)6(2)14/h5-6,13-14,21H,3-4H2,1-2H3,(H,19,20). The van der Waals surface area contributed by atoms with E-state index in [0.717, 1.165) is 13.8 Å². The Hall–Kier alpha value is -2.37. The quantitative estimate of drug-likeness (QED) is 0.284. The van der Waals surface area contributed by atoms with Crippen LogP contribution in [0.3, 0.4) is 0 Å². The fourth-order valence-corrected chi connectivity index (χ4v) is 1.16. The molecule has 0 saturated heterocycles. The number of carboxylic acid groups (broad SMARTS) is 1. The minimum Gasteiger partial charge on any atom is -0.479 e. The van der Waals surface area contributed by atoms with Gasteiger partial charge in [-0.25, -0.2) is 14.4 Å². The van der Waals surface area contributed by atoms with Gasteiger partial charge in [-0.05, 0) is 13.8 Å². The lowest BCUT2D eigenvalue weighted by Gasteiger charge is -2.21. The van der Waals surface area contributed by atoms with E-state index in [1.165, 1.54) is 0 Å². The molecule has 0 fully saturated rings. The molecule has 2 unspecified atom stereocenters. The molecular formula is C12H16O11. The summed E-state index contributed by atoms with van der Waals surface area (Å²) in [5.41, 5.74) is -3.01. The average molecular weight is 336 g/mol. The highest BCUT2D eigenvalue weighted by atomic mass is 16.6. The molecule has 0 radical (unpaired) electrons. The Morgan fingerprint density at radius 3 is 1.39 bits per heavy atom. The summed E-state index contributed by atoms with van der Waals surface area (Å²) in [5, 5.41) is 36.3. The summed E-state index contributed by atoms with van der Waals surface area (Å²) < 4.78 is 8.10. The van der Waals surface area contributed by atoms with Gasteiger partial charge in [0.25, 0.3) is 0 Å². The monoisotopic (exact) mass is 336 g/mol. The van der Waals surface area contributed by atoms with Crippen LogP contribution in [0.4, 0.5) is 0 Å². The van der Waals surface area contributed by atoms with Gasteiger partial charge in [-0.1, -0.05) is 0 Å². The summed E-state index contributed by atoms with van der Waals surface area (Å²) in [6, 6.07) is 0. The second kappa shape index (κ2) is 8.31. The summed E-state index contributed by atoms with van der Waals surface area (Å²) in [5.74, 6) is -7.81. The van der Waals surface area contributed by atoms with Crippen molar-refractivity contribution in [2.75, 3.05) is 0 Å². The third-order valence-corrected chi connectivity index (χ3v) is 2.38. The highest BCUT2D eigenvalue weighted by Gasteiger charge is 2.43. The van der Waals surface area contributed by atoms with Crippen molar-refractivity contribution < 1.29 is 53.9 Å². The van der Waals surface area contributed by atoms with Crippen molar-refractivity contribution in [1.82, 2.24) is 0 Å². The molecule has 0 aromatic carbocycles. The van der Waals surface area contributed by atoms with Gasteiger partial charge in [-0.2, -0.15) is 0 Å². The van der Waals surface area contributed by atoms with Crippen molar-refractivity contribution in [1.29, 1.82) is 0 Å². The fourth-order valence-electron chi connectivity index (χ4n) is 1.16. The molecule has 0 heterocycles. The van der Waals surface area contributed by atoms with E-state index in [9.17, 15) is 29.1 Å². The number of carboxylic acids is 1. The first-order valence-corrected chi connectivity index (χ1v) is 6.20. The molecule has 0 aromatic rings. The molecule has 0 saturated carbocycles. The van der Waals surface area contributed by atoms with Crippen LogP contribution in [0.1, 0.15) is 26.7 Å². The lowest BCUT2D eigenvalue weighted by molar-refractivity contribution is -0.179. The van der Waals surface area contributed by atoms with Crippen molar-refractivity contribution in [2.24, 2.45) is 0 Å². The topological polar surface area (TPSA) is 185 Å². The first-order valence-electron chi connectivity index (χ1n) is 6.20. The Bertz CT molecular complexity index is 469. The number of hydrogen-bond acceptors (Lipinski definition) is 10. The maximum absolute atomic E-state index is 11.4. The lowest BCUT2D eigenvalue weighted by Crippen LogP contribution is -2.44. The Kier molecular flexibility index (Phi) is 7.46. The maximum Gasteiger partial charge on any atom is 0.342 e. The van der Waals surface area contributed by atoms with Gasteiger partial charge in [0.2, 0.25) is 0 Å². The zero-order chi connectivity index (χ0) is 18.4. The first-order chi connectivity index (χ1) is 10.4. The van der Waals surface area contributed by atoms with Gasteiger partial charge in [0, 0.05) is 0 Å². The summed E-state index contributed by atoms with van der Waals surface area (Å²) in [4.78, 5) is 55.6. The number of aliphatic hydroxyl groups is 3. The zero-order valence-corrected chi connectivity index (χ0v) is 12.2. The van der Waals surface area contributed by atoms with Crippen LogP contribution < -0.4 is 0 Å². The van der Waals surface area contributed by atoms with E-state index in [-0.39, 0.29) is 0 Å². The van der Waals surface area contributed by atoms with Crippen LogP contribution in [0.15, 0.2) is 0 Å². The second-order valence-electron chi connectivity index (χ2n) is 4.63. The van der Waals surface area contributed by atoms with Crippen molar-refractivity contribution in [3.63, 3.8) is 0 Å². The SMILES string of the molecule is CC(O)C(=O)OC(=O)CC(O)(CC(=O)OC(=O)C(C)O)C(=O)O. The van der Waals surface area contributed by atoms with Crippen LogP contribution >= 0.6 is 0 Å². The Balaban J connectivity index is 4.90. The van der Waals surface area contributed by atoms with Crippen LogP contribution in [-0.2, 0) is 33.4 Å². The predicted octanol–water partition coefficient (Wildman–Crippen LogP) is -2.52. The number of esters is 4. The van der Waals surface area contributed by atoms with Gasteiger partial charge in [0.05, 0.1) is 12.8 Å². The summed E-state index contributed by atoms with van der Waals surface area (Å²) in [7, 11) is 0. The van der Waals surface area contributed by atoms with Gasteiger partial charge >= 0.3 is 29.8 Å². The Morgan fingerprint density at radius 1 is 0.870 bits per heavy atom. The molecule has 11 nitrogen and oxygen atoms in total. The Labute approximate surface area is 129 Å². The van der Waals surface area contributed by atoms with Crippen molar-refractivity contribution >= 4 is 29.8 Å². The molecule has 0 aliphatic rings. The minimum absolute atomic E-state index is 0.984. The van der Waals surface area contributed by atoms with Crippen LogP contribution in [0.25, 0.3) is 0 Å². The van der Waals surface area contributed by atoms with E-state index in [4.69, 9.17) is 15.3 Å². The smallest absolute Gasteiger partial charge is 0.342 e. The second-order valence-corrected chi connectivity index (χ2v) is 4.63. The minimum atomic E-state index is -3.01. The van der Waals surface area contributed by atoms with Gasteiger partial charge < -0.3 is 29.9 Å². The number of aliphatic carboxylic acids is 1. The van der Waals surface area contributed by atoms with E-state index < -0.39 is 60.5 Å². The third-order valence-electron chi connectivity index (χ3n) is 2.38. The van der Waals surface area contributed by atoms with Gasteiger partial charge in [-0.3, -0.25) is 9.59 Å². The largest absolute Gasteiger partial charge is 0.479 e. The van der Waals surface area contributed by atoms with Gasteiger partial charge in [0.15, 0.2) is 5.60 Å². The van der Waals surface area contributed by atoms with Gasteiger partial charge in [-0.15, -0.1) is 0 Å². The highest BCUT2D eigenvalue weighted by Crippen LogP contribution is 2.18. The van der Waals surface area contributed by atoms with Gasteiger partial charge in [0.1, 0.15) is 12.2 Å². The van der Waals surface area contributed by atoms with Crippen LogP contribution in [-0.4, -0.2) is 68.1 Å². The van der Waals surface area contributed by atoms with Crippen LogP contribution in [0.5, 0.6) is 0 Å². The van der Waals surface area contributed by atoms with E-state index in [1.54, 1.807) is 0 Å². The van der Waals surface area contributed by atoms with E-state index in [0.29, 0.717) is 0 Å². The number of ether oxygens (including phenoxy) is 2. The molecule has 0 aliphatic carbocycles.